The molecule has 16 heteroatoms. The van der Waals surface area contributed by atoms with Crippen molar-refractivity contribution >= 4 is 98.5 Å². The van der Waals surface area contributed by atoms with Crippen LogP contribution in [-0.2, 0) is 28.9 Å². The molecule has 39 heavy (non-hydrogen) atoms. The highest BCUT2D eigenvalue weighted by atomic mass is 79.9. The zero-order valence-electron chi connectivity index (χ0n) is 20.2. The lowest BCUT2D eigenvalue weighted by atomic mass is 9.83. The van der Waals surface area contributed by atoms with Crippen LogP contribution in [0.15, 0.2) is 31.4 Å². The van der Waals surface area contributed by atoms with E-state index in [2.05, 4.69) is 84.7 Å². The summed E-state index contributed by atoms with van der Waals surface area (Å²) < 4.78 is 0.484. The monoisotopic (exact) mass is 800 g/mol. The van der Waals surface area contributed by atoms with Crippen LogP contribution >= 0.6 is 63.7 Å². The zero-order chi connectivity index (χ0) is 28.5. The number of ketones is 2. The van der Waals surface area contributed by atoms with Gasteiger partial charge in [-0.3, -0.25) is 19.2 Å². The highest BCUT2D eigenvalue weighted by molar-refractivity contribution is 9.12. The van der Waals surface area contributed by atoms with Gasteiger partial charge >= 0.3 is 0 Å². The average Bonchev–Trinajstić information content (AvgIpc) is 3.54. The molecule has 2 amide bonds. The average molecular weight is 804 g/mol. The molecule has 4 aliphatic rings. The number of carbonyl (C=O) groups excluding carboxylic acids is 4. The van der Waals surface area contributed by atoms with E-state index < -0.39 is 44.9 Å². The lowest BCUT2D eigenvalue weighted by Crippen LogP contribution is -2.52. The Labute approximate surface area is 256 Å². The van der Waals surface area contributed by atoms with Crippen LogP contribution in [0.5, 0.6) is 0 Å². The fraction of sp³-hybridized carbons (Fsp3) is 0.565. The second-order valence-electron chi connectivity index (χ2n) is 9.50. The Morgan fingerprint density at radius 3 is 1.59 bits per heavy atom. The number of nitrogens with zero attached hydrogens (tertiary/aromatic N) is 2. The van der Waals surface area contributed by atoms with Gasteiger partial charge in [0.2, 0.25) is 0 Å². The molecule has 0 aromatic carbocycles. The summed E-state index contributed by atoms with van der Waals surface area (Å²) in [7, 11) is 0. The minimum Gasteiger partial charge on any atom is -0.387 e. The maximum atomic E-state index is 12.5. The molecule has 4 N–H and O–H groups in total. The quantitative estimate of drug-likeness (QED) is 0.211. The van der Waals surface area contributed by atoms with Crippen LogP contribution in [0.2, 0.25) is 0 Å². The van der Waals surface area contributed by atoms with Gasteiger partial charge in [-0.25, -0.2) is 0 Å². The number of nitrogens with one attached hydrogen (secondary N) is 2. The first-order valence-corrected chi connectivity index (χ1v) is 15.4. The molecule has 0 aromatic rings. The fourth-order valence-electron chi connectivity index (χ4n) is 4.47. The SMILES string of the molecule is O=C(NCCCCCNC(=O)C1=NO[C@]2(C=C(Br)C(=O)[C@H](Br)[C@@H]2O)C1)C1=NO[C@]2(C=C(Br)C(=O)[C@H](Br)[C@@H]2O)C1. The highest BCUT2D eigenvalue weighted by Crippen LogP contribution is 2.41. The van der Waals surface area contributed by atoms with Crippen LogP contribution < -0.4 is 10.6 Å². The molecule has 4 rings (SSSR count). The summed E-state index contributed by atoms with van der Waals surface area (Å²) in [5, 5.41) is 34.2. The van der Waals surface area contributed by atoms with Crippen molar-refractivity contribution in [2.24, 2.45) is 10.3 Å². The lowest BCUT2D eigenvalue weighted by molar-refractivity contribution is -0.125. The van der Waals surface area contributed by atoms with Crippen LogP contribution in [0.1, 0.15) is 32.1 Å². The topological polar surface area (TPSA) is 176 Å². The number of aliphatic hydroxyl groups is 2. The minimum atomic E-state index is -1.30. The van der Waals surface area contributed by atoms with Crippen LogP contribution in [0.3, 0.4) is 0 Å². The summed E-state index contributed by atoms with van der Waals surface area (Å²) in [6, 6.07) is 0. The van der Waals surface area contributed by atoms with Gasteiger partial charge in [0.15, 0.2) is 22.8 Å². The van der Waals surface area contributed by atoms with Crippen LogP contribution in [0, 0.1) is 0 Å². The maximum Gasteiger partial charge on any atom is 0.269 e. The van der Waals surface area contributed by atoms with Gasteiger partial charge in [-0.15, -0.1) is 0 Å². The molecule has 6 atom stereocenters. The van der Waals surface area contributed by atoms with Gasteiger partial charge < -0.3 is 30.5 Å². The van der Waals surface area contributed by atoms with Crippen molar-refractivity contribution in [2.45, 2.75) is 65.2 Å². The molecule has 0 unspecified atom stereocenters. The number of allylic oxidation sites excluding steroid dienone is 2. The Hall–Kier alpha value is -1.46. The molecule has 2 aliphatic heterocycles. The molecular weight excluding hydrogens is 780 g/mol. The molecule has 0 saturated carbocycles. The van der Waals surface area contributed by atoms with Gasteiger partial charge in [0.25, 0.3) is 11.8 Å². The molecule has 2 aliphatic carbocycles. The van der Waals surface area contributed by atoms with Crippen molar-refractivity contribution in [3.63, 3.8) is 0 Å². The minimum absolute atomic E-state index is 0.0156. The summed E-state index contributed by atoms with van der Waals surface area (Å²) in [4.78, 5) is 58.0. The number of Topliss-reactive ketones (excluding diaryl/α,β-unsaturated/α-hetero) is 2. The van der Waals surface area contributed by atoms with Gasteiger partial charge in [-0.05, 0) is 63.3 Å². The second-order valence-corrected chi connectivity index (χ2v) is 13.2. The number of oxime groups is 2. The standard InChI is InChI=1S/C23H24Br4N4O8/c24-10-6-22(18(34)14(26)16(10)32)8-12(30-38-22)20(36)28-4-2-1-3-5-29-21(37)13-9-23(39-31-13)7-11(25)17(33)15(27)19(23)35/h6-7,14-15,18-19,34-35H,1-5,8-9H2,(H,28,36)(H,29,37)/t14-,15-,18-,19-,22+,23+/m0/s1. The fourth-order valence-corrected chi connectivity index (χ4v) is 7.74. The highest BCUT2D eigenvalue weighted by Gasteiger charge is 2.54. The molecule has 0 fully saturated rings. The van der Waals surface area contributed by atoms with Crippen molar-refractivity contribution in [2.75, 3.05) is 13.1 Å². The number of hydrogen-bond acceptors (Lipinski definition) is 10. The Balaban J connectivity index is 1.13. The van der Waals surface area contributed by atoms with Gasteiger partial charge in [0.1, 0.15) is 33.3 Å². The van der Waals surface area contributed by atoms with Crippen molar-refractivity contribution in [1.82, 2.24) is 10.6 Å². The van der Waals surface area contributed by atoms with Crippen LogP contribution in [0.25, 0.3) is 0 Å². The van der Waals surface area contributed by atoms with E-state index in [0.29, 0.717) is 32.4 Å². The second kappa shape index (κ2) is 12.2. The molecular formula is C23H24Br4N4O8. The number of hydrogen-bond donors (Lipinski definition) is 4. The summed E-state index contributed by atoms with van der Waals surface area (Å²) in [5.74, 6) is -1.49. The van der Waals surface area contributed by atoms with E-state index in [0.717, 1.165) is 0 Å². The number of halogens is 4. The lowest BCUT2D eigenvalue weighted by Gasteiger charge is -2.34. The van der Waals surface area contributed by atoms with Gasteiger partial charge in [0.05, 0.1) is 8.96 Å². The van der Waals surface area contributed by atoms with Crippen LogP contribution in [-0.4, -0.2) is 91.2 Å². The summed E-state index contributed by atoms with van der Waals surface area (Å²) in [6.45, 7) is 0.740. The van der Waals surface area contributed by atoms with E-state index in [9.17, 15) is 29.4 Å². The Bertz CT molecular complexity index is 1120. The Kier molecular flexibility index (Phi) is 9.53. The van der Waals surface area contributed by atoms with Gasteiger partial charge in [-0.1, -0.05) is 42.2 Å². The van der Waals surface area contributed by atoms with E-state index in [1.165, 1.54) is 12.2 Å². The summed E-state index contributed by atoms with van der Waals surface area (Å²) in [5.41, 5.74) is -2.36. The Morgan fingerprint density at radius 1 is 0.821 bits per heavy atom. The molecule has 0 bridgehead atoms. The largest absolute Gasteiger partial charge is 0.387 e. The predicted molar refractivity (Wildman–Crippen MR) is 153 cm³/mol. The molecule has 212 valence electrons. The third-order valence-electron chi connectivity index (χ3n) is 6.76. The van der Waals surface area contributed by atoms with E-state index >= 15 is 0 Å². The smallest absolute Gasteiger partial charge is 0.269 e. The summed E-state index contributed by atoms with van der Waals surface area (Å²) in [6.07, 6.45) is 2.49. The van der Waals surface area contributed by atoms with Crippen molar-refractivity contribution in [3.8, 4) is 0 Å². The molecule has 0 radical (unpaired) electrons. The Morgan fingerprint density at radius 2 is 1.21 bits per heavy atom. The number of unbranched alkanes of at least 4 members (excludes halogenated alkanes) is 2. The molecule has 0 saturated heterocycles. The predicted octanol–water partition coefficient (Wildman–Crippen LogP) is 1.39. The van der Waals surface area contributed by atoms with Gasteiger partial charge in [-0.2, -0.15) is 0 Å². The first-order chi connectivity index (χ1) is 18.4. The van der Waals surface area contributed by atoms with Crippen molar-refractivity contribution in [3.05, 3.63) is 21.1 Å². The normalized spacial score (nSPS) is 33.7. The summed E-state index contributed by atoms with van der Waals surface area (Å²) >= 11 is 12.6. The third-order valence-corrected chi connectivity index (χ3v) is 9.83. The van der Waals surface area contributed by atoms with E-state index in [-0.39, 0.29) is 44.8 Å². The third kappa shape index (κ3) is 6.10. The van der Waals surface area contributed by atoms with Crippen LogP contribution in [0.4, 0.5) is 0 Å². The number of rotatable bonds is 8. The number of carbonyl (C=O) groups is 4. The molecule has 0 aromatic heterocycles. The first kappa shape index (κ1) is 30.5. The van der Waals surface area contributed by atoms with E-state index in [1.807, 2.05) is 0 Å². The maximum absolute atomic E-state index is 12.5. The van der Waals surface area contributed by atoms with Crippen molar-refractivity contribution in [1.29, 1.82) is 0 Å². The molecule has 12 nitrogen and oxygen atoms in total. The van der Waals surface area contributed by atoms with Gasteiger partial charge in [0, 0.05) is 25.9 Å². The van der Waals surface area contributed by atoms with E-state index in [1.54, 1.807) is 0 Å². The van der Waals surface area contributed by atoms with Crippen molar-refractivity contribution < 1.29 is 39.1 Å². The molecule has 2 heterocycles. The first-order valence-electron chi connectivity index (χ1n) is 12.0. The number of alkyl halides is 2. The molecule has 2 spiro atoms. The zero-order valence-corrected chi connectivity index (χ0v) is 26.5. The van der Waals surface area contributed by atoms with E-state index in [4.69, 9.17) is 9.68 Å². The number of aliphatic hydroxyl groups excluding tert-OH is 2. The number of amides is 2.